The summed E-state index contributed by atoms with van der Waals surface area (Å²) < 4.78 is 10.0. The van der Waals surface area contributed by atoms with E-state index in [2.05, 4.69) is 11.7 Å². The number of unbranched alkanes of at least 4 members (excludes halogenated alkanes) is 2. The van der Waals surface area contributed by atoms with Gasteiger partial charge in [0.05, 0.1) is 13.7 Å². The van der Waals surface area contributed by atoms with Gasteiger partial charge in [0.2, 0.25) is 0 Å². The molecule has 0 bridgehead atoms. The summed E-state index contributed by atoms with van der Waals surface area (Å²) in [7, 11) is 1.27. The minimum absolute atomic E-state index is 0.0993. The van der Waals surface area contributed by atoms with Crippen LogP contribution in [0.25, 0.3) is 0 Å². The molecule has 0 radical (unpaired) electrons. The molecule has 4 heteroatoms. The van der Waals surface area contributed by atoms with E-state index in [9.17, 15) is 9.90 Å². The van der Waals surface area contributed by atoms with E-state index >= 15 is 0 Å². The maximum absolute atomic E-state index is 11.3. The van der Waals surface area contributed by atoms with Gasteiger partial charge in [-0.1, -0.05) is 19.8 Å². The minimum Gasteiger partial charge on any atom is -0.507 e. The van der Waals surface area contributed by atoms with Crippen LogP contribution in [0.5, 0.6) is 11.5 Å². The number of rotatable bonds is 6. The fourth-order valence-electron chi connectivity index (χ4n) is 1.42. The second-order valence-corrected chi connectivity index (χ2v) is 3.73. The quantitative estimate of drug-likeness (QED) is 0.611. The third-order valence-corrected chi connectivity index (χ3v) is 2.39. The van der Waals surface area contributed by atoms with Gasteiger partial charge in [-0.2, -0.15) is 0 Å². The molecular formula is C13H18O4. The van der Waals surface area contributed by atoms with Crippen molar-refractivity contribution >= 4 is 5.97 Å². The van der Waals surface area contributed by atoms with Crippen molar-refractivity contribution in [3.05, 3.63) is 23.8 Å². The lowest BCUT2D eigenvalue weighted by molar-refractivity contribution is 0.0597. The molecule has 1 aromatic carbocycles. The number of hydrogen-bond acceptors (Lipinski definition) is 4. The standard InChI is InChI=1S/C13H18O4/c1-3-4-5-8-17-10-6-7-12(14)11(9-10)13(15)16-2/h6-7,9,14H,3-5,8H2,1-2H3. The molecule has 0 atom stereocenters. The van der Waals surface area contributed by atoms with Crippen LogP contribution in [0.3, 0.4) is 0 Å². The second kappa shape index (κ2) is 6.78. The van der Waals surface area contributed by atoms with Gasteiger partial charge in [-0.25, -0.2) is 4.79 Å². The smallest absolute Gasteiger partial charge is 0.341 e. The SMILES string of the molecule is CCCCCOc1ccc(O)c(C(=O)OC)c1. The van der Waals surface area contributed by atoms with Crippen LogP contribution in [0.2, 0.25) is 0 Å². The zero-order valence-electron chi connectivity index (χ0n) is 10.2. The van der Waals surface area contributed by atoms with Crippen molar-refractivity contribution in [2.24, 2.45) is 0 Å². The van der Waals surface area contributed by atoms with Gasteiger partial charge in [0.1, 0.15) is 17.1 Å². The lowest BCUT2D eigenvalue weighted by Crippen LogP contribution is -2.03. The van der Waals surface area contributed by atoms with Crippen molar-refractivity contribution in [1.82, 2.24) is 0 Å². The van der Waals surface area contributed by atoms with Crippen LogP contribution in [-0.4, -0.2) is 24.8 Å². The lowest BCUT2D eigenvalue weighted by atomic mass is 10.2. The third-order valence-electron chi connectivity index (χ3n) is 2.39. The van der Waals surface area contributed by atoms with Crippen molar-refractivity contribution in [2.75, 3.05) is 13.7 Å². The molecule has 17 heavy (non-hydrogen) atoms. The molecule has 0 saturated heterocycles. The summed E-state index contributed by atoms with van der Waals surface area (Å²) in [4.78, 5) is 11.3. The van der Waals surface area contributed by atoms with Gasteiger partial charge in [0, 0.05) is 0 Å². The highest BCUT2D eigenvalue weighted by Gasteiger charge is 2.12. The molecule has 1 N–H and O–H groups in total. The summed E-state index contributed by atoms with van der Waals surface area (Å²) in [6.45, 7) is 2.73. The molecule has 0 unspecified atom stereocenters. The molecule has 0 heterocycles. The summed E-state index contributed by atoms with van der Waals surface area (Å²) in [5, 5.41) is 9.49. The number of ether oxygens (including phenoxy) is 2. The maximum atomic E-state index is 11.3. The minimum atomic E-state index is -0.568. The van der Waals surface area contributed by atoms with Gasteiger partial charge in [0.15, 0.2) is 0 Å². The Bertz CT molecular complexity index is 374. The number of carbonyl (C=O) groups is 1. The Morgan fingerprint density at radius 2 is 2.12 bits per heavy atom. The molecule has 0 aliphatic heterocycles. The average Bonchev–Trinajstić information content (AvgIpc) is 2.35. The number of phenols is 1. The highest BCUT2D eigenvalue weighted by Crippen LogP contribution is 2.23. The molecule has 1 aromatic rings. The highest BCUT2D eigenvalue weighted by molar-refractivity contribution is 5.92. The van der Waals surface area contributed by atoms with Gasteiger partial charge >= 0.3 is 5.97 Å². The fourth-order valence-corrected chi connectivity index (χ4v) is 1.42. The van der Waals surface area contributed by atoms with Crippen molar-refractivity contribution < 1.29 is 19.4 Å². The largest absolute Gasteiger partial charge is 0.507 e. The van der Waals surface area contributed by atoms with E-state index in [-0.39, 0.29) is 11.3 Å². The molecule has 0 saturated carbocycles. The van der Waals surface area contributed by atoms with Gasteiger partial charge in [-0.05, 0) is 24.6 Å². The normalized spacial score (nSPS) is 10.0. The predicted molar refractivity (Wildman–Crippen MR) is 64.5 cm³/mol. The van der Waals surface area contributed by atoms with Crippen molar-refractivity contribution in [3.8, 4) is 11.5 Å². The summed E-state index contributed by atoms with van der Waals surface area (Å²) >= 11 is 0. The van der Waals surface area contributed by atoms with Crippen LogP contribution < -0.4 is 4.74 Å². The Hall–Kier alpha value is -1.71. The number of carbonyl (C=O) groups excluding carboxylic acids is 1. The zero-order chi connectivity index (χ0) is 12.7. The number of esters is 1. The molecule has 0 fully saturated rings. The van der Waals surface area contributed by atoms with Gasteiger partial charge in [0.25, 0.3) is 0 Å². The highest BCUT2D eigenvalue weighted by atomic mass is 16.5. The number of aromatic hydroxyl groups is 1. The van der Waals surface area contributed by atoms with Gasteiger partial charge in [-0.15, -0.1) is 0 Å². The first-order chi connectivity index (χ1) is 8.19. The molecule has 0 aliphatic rings. The van der Waals surface area contributed by atoms with E-state index in [1.807, 2.05) is 0 Å². The Morgan fingerprint density at radius 1 is 1.35 bits per heavy atom. The molecule has 4 nitrogen and oxygen atoms in total. The average molecular weight is 238 g/mol. The monoisotopic (exact) mass is 238 g/mol. The predicted octanol–water partition coefficient (Wildman–Crippen LogP) is 2.75. The van der Waals surface area contributed by atoms with Crippen molar-refractivity contribution in [2.45, 2.75) is 26.2 Å². The third kappa shape index (κ3) is 3.98. The van der Waals surface area contributed by atoms with E-state index in [0.717, 1.165) is 19.3 Å². The number of methoxy groups -OCH3 is 1. The van der Waals surface area contributed by atoms with Crippen LogP contribution in [0, 0.1) is 0 Å². The second-order valence-electron chi connectivity index (χ2n) is 3.73. The molecule has 94 valence electrons. The van der Waals surface area contributed by atoms with E-state index < -0.39 is 5.97 Å². The van der Waals surface area contributed by atoms with E-state index in [1.165, 1.54) is 19.2 Å². The first-order valence-corrected chi connectivity index (χ1v) is 5.73. The molecular weight excluding hydrogens is 220 g/mol. The Kier molecular flexibility index (Phi) is 5.33. The van der Waals surface area contributed by atoms with Gasteiger partial charge < -0.3 is 14.6 Å². The van der Waals surface area contributed by atoms with Crippen molar-refractivity contribution in [3.63, 3.8) is 0 Å². The molecule has 1 rings (SSSR count). The van der Waals surface area contributed by atoms with Crippen LogP contribution in [0.15, 0.2) is 18.2 Å². The molecule has 0 spiro atoms. The topological polar surface area (TPSA) is 55.8 Å². The number of benzene rings is 1. The van der Waals surface area contributed by atoms with E-state index in [4.69, 9.17) is 4.74 Å². The zero-order valence-corrected chi connectivity index (χ0v) is 10.2. The van der Waals surface area contributed by atoms with Crippen molar-refractivity contribution in [1.29, 1.82) is 0 Å². The molecule has 0 amide bonds. The summed E-state index contributed by atoms with van der Waals surface area (Å²) in [5.41, 5.74) is 0.125. The first-order valence-electron chi connectivity index (χ1n) is 5.73. The summed E-state index contributed by atoms with van der Waals surface area (Å²) in [6, 6.07) is 4.56. The van der Waals surface area contributed by atoms with Crippen LogP contribution in [0.1, 0.15) is 36.5 Å². The van der Waals surface area contributed by atoms with E-state index in [1.54, 1.807) is 6.07 Å². The lowest BCUT2D eigenvalue weighted by Gasteiger charge is -2.08. The Labute approximate surface area is 101 Å². The van der Waals surface area contributed by atoms with Crippen LogP contribution >= 0.6 is 0 Å². The number of phenolic OH excluding ortho intramolecular Hbond substituents is 1. The molecule has 0 aliphatic carbocycles. The maximum Gasteiger partial charge on any atom is 0.341 e. The van der Waals surface area contributed by atoms with Crippen LogP contribution in [0.4, 0.5) is 0 Å². The summed E-state index contributed by atoms with van der Waals surface area (Å²) in [6.07, 6.45) is 3.22. The first kappa shape index (κ1) is 13.4. The Balaban J connectivity index is 2.65. The summed E-state index contributed by atoms with van der Waals surface area (Å²) in [5.74, 6) is -0.0985. The van der Waals surface area contributed by atoms with Crippen LogP contribution in [-0.2, 0) is 4.74 Å². The fraction of sp³-hybridized carbons (Fsp3) is 0.462. The number of hydrogen-bond donors (Lipinski definition) is 1. The van der Waals surface area contributed by atoms with E-state index in [0.29, 0.717) is 12.4 Å². The molecule has 0 aromatic heterocycles. The Morgan fingerprint density at radius 3 is 2.76 bits per heavy atom. The van der Waals surface area contributed by atoms with Gasteiger partial charge in [-0.3, -0.25) is 0 Å².